The fourth-order valence-electron chi connectivity index (χ4n) is 1.72. The first-order chi connectivity index (χ1) is 8.91. The average Bonchev–Trinajstić information content (AvgIpc) is 2.77. The molecule has 0 unspecified atom stereocenters. The predicted molar refractivity (Wildman–Crippen MR) is 87.7 cm³/mol. The van der Waals surface area contributed by atoms with Crippen LogP contribution in [0, 0.1) is 0 Å². The maximum atomic E-state index is 2.47. The Hall–Kier alpha value is 0.0500. The Bertz CT molecular complexity index is 290. The van der Waals surface area contributed by atoms with Crippen molar-refractivity contribution in [2.24, 2.45) is 0 Å². The van der Waals surface area contributed by atoms with Crippen LogP contribution >= 0.6 is 21.6 Å². The molecule has 0 amide bonds. The Kier molecular flexibility index (Phi) is 7.53. The summed E-state index contributed by atoms with van der Waals surface area (Å²) in [5.74, 6) is 1.04. The zero-order valence-corrected chi connectivity index (χ0v) is 14.7. The molecule has 0 N–H and O–H groups in total. The number of hydrogen-bond donors (Lipinski definition) is 0. The molecule has 0 spiro atoms. The van der Waals surface area contributed by atoms with Gasteiger partial charge in [0.15, 0.2) is 5.88 Å². The Morgan fingerprint density at radius 2 is 1.53 bits per heavy atom. The molecule has 0 radical (unpaired) electrons. The van der Waals surface area contributed by atoms with Gasteiger partial charge in [-0.15, -0.1) is 5.01 Å². The molecule has 0 bridgehead atoms. The molecule has 1 rings (SSSR count). The van der Waals surface area contributed by atoms with Crippen molar-refractivity contribution in [3.05, 3.63) is 0 Å². The second-order valence-electron chi connectivity index (χ2n) is 5.47. The molecular formula is C12H28N5S2+. The highest BCUT2D eigenvalue weighted by molar-refractivity contribution is 8.82. The van der Waals surface area contributed by atoms with E-state index in [1.807, 2.05) is 21.6 Å². The average molecular weight is 307 g/mol. The minimum absolute atomic E-state index is 1.04. The first kappa shape index (κ1) is 17.1. The van der Waals surface area contributed by atoms with Crippen LogP contribution in [0.25, 0.3) is 0 Å². The molecule has 0 aromatic rings. The zero-order chi connectivity index (χ0) is 14.4. The smallest absolute Gasteiger partial charge is 0.308 e. The fraction of sp³-hybridized carbons (Fsp3) is 0.917. The summed E-state index contributed by atoms with van der Waals surface area (Å²) < 4.78 is 2.21. The summed E-state index contributed by atoms with van der Waals surface area (Å²) >= 11 is 0. The molecule has 1 heterocycles. The van der Waals surface area contributed by atoms with Crippen molar-refractivity contribution in [1.29, 1.82) is 0 Å². The molecular weight excluding hydrogens is 278 g/mol. The second kappa shape index (κ2) is 8.36. The van der Waals surface area contributed by atoms with Crippen molar-refractivity contribution < 1.29 is 4.58 Å². The monoisotopic (exact) mass is 306 g/mol. The summed E-state index contributed by atoms with van der Waals surface area (Å²) in [7, 11) is 16.6. The summed E-state index contributed by atoms with van der Waals surface area (Å²) in [5.41, 5.74) is 0. The highest BCUT2D eigenvalue weighted by atomic mass is 33.1. The molecule has 7 heteroatoms. The number of nitrogens with zero attached hydrogens (tertiary/aromatic N) is 5. The van der Waals surface area contributed by atoms with Crippen LogP contribution in [-0.2, 0) is 0 Å². The number of hydrazine groups is 1. The maximum Gasteiger partial charge on any atom is 0.338 e. The standard InChI is InChI=1S/C12H28N5S2/c1-13(2)7-9-16(10-8-14(3)4)17-11-18-19-12(17)15(5)6/h7-11H2,1-6H3/q+1. The lowest BCUT2D eigenvalue weighted by Gasteiger charge is -2.28. The van der Waals surface area contributed by atoms with Crippen molar-refractivity contribution in [1.82, 2.24) is 19.8 Å². The Labute approximate surface area is 126 Å². The fourth-order valence-corrected chi connectivity index (χ4v) is 4.24. The molecule has 5 nitrogen and oxygen atoms in total. The van der Waals surface area contributed by atoms with Crippen LogP contribution in [-0.4, -0.2) is 104 Å². The molecule has 0 aromatic carbocycles. The highest BCUT2D eigenvalue weighted by Gasteiger charge is 2.34. The van der Waals surface area contributed by atoms with E-state index in [1.165, 1.54) is 5.17 Å². The molecule has 0 atom stereocenters. The number of rotatable bonds is 7. The van der Waals surface area contributed by atoms with Crippen molar-refractivity contribution in [3.8, 4) is 0 Å². The third-order valence-electron chi connectivity index (χ3n) is 2.86. The van der Waals surface area contributed by atoms with Gasteiger partial charge in [-0.05, 0) is 39.0 Å². The molecule has 19 heavy (non-hydrogen) atoms. The molecule has 1 aliphatic rings. The van der Waals surface area contributed by atoms with Gasteiger partial charge in [-0.2, -0.15) is 5.01 Å². The summed E-state index contributed by atoms with van der Waals surface area (Å²) in [6.07, 6.45) is 0. The predicted octanol–water partition coefficient (Wildman–Crippen LogP) is 0.609. The van der Waals surface area contributed by atoms with Gasteiger partial charge in [0.2, 0.25) is 0 Å². The van der Waals surface area contributed by atoms with E-state index in [9.17, 15) is 0 Å². The van der Waals surface area contributed by atoms with Gasteiger partial charge < -0.3 is 9.80 Å². The van der Waals surface area contributed by atoms with E-state index in [0.717, 1.165) is 32.1 Å². The van der Waals surface area contributed by atoms with E-state index in [0.29, 0.717) is 0 Å². The van der Waals surface area contributed by atoms with Crippen LogP contribution in [0.3, 0.4) is 0 Å². The number of amidine groups is 1. The SMILES string of the molecule is CN(C)CCN(CCN(C)C)N1CSSC1=[N+](C)C. The van der Waals surface area contributed by atoms with E-state index in [4.69, 9.17) is 0 Å². The van der Waals surface area contributed by atoms with Crippen LogP contribution in [0.5, 0.6) is 0 Å². The second-order valence-corrected chi connectivity index (χ2v) is 7.70. The lowest BCUT2D eigenvalue weighted by Crippen LogP contribution is -2.49. The maximum absolute atomic E-state index is 2.47. The summed E-state index contributed by atoms with van der Waals surface area (Å²) in [4.78, 5) is 4.49. The van der Waals surface area contributed by atoms with Crippen molar-refractivity contribution >= 4 is 26.8 Å². The molecule has 0 aromatic heterocycles. The molecule has 1 aliphatic heterocycles. The lowest BCUT2D eigenvalue weighted by atomic mass is 10.5. The van der Waals surface area contributed by atoms with Gasteiger partial charge in [-0.25, -0.2) is 0 Å². The minimum atomic E-state index is 1.04. The topological polar surface area (TPSA) is 16.0 Å². The first-order valence-corrected chi connectivity index (χ1v) is 8.89. The van der Waals surface area contributed by atoms with Crippen molar-refractivity contribution in [3.63, 3.8) is 0 Å². The minimum Gasteiger partial charge on any atom is -0.308 e. The van der Waals surface area contributed by atoms with Crippen LogP contribution in [0.4, 0.5) is 0 Å². The zero-order valence-electron chi connectivity index (χ0n) is 13.1. The third-order valence-corrected chi connectivity index (χ3v) is 5.17. The molecule has 0 saturated carbocycles. The van der Waals surface area contributed by atoms with Crippen molar-refractivity contribution in [2.45, 2.75) is 0 Å². The normalized spacial score (nSPS) is 16.3. The van der Waals surface area contributed by atoms with Crippen molar-refractivity contribution in [2.75, 3.05) is 74.3 Å². The van der Waals surface area contributed by atoms with Crippen LogP contribution in [0.2, 0.25) is 0 Å². The van der Waals surface area contributed by atoms with Crippen LogP contribution in [0.15, 0.2) is 0 Å². The Balaban J connectivity index is 2.68. The molecule has 1 fully saturated rings. The number of likely N-dealkylation sites (N-methyl/N-ethyl adjacent to an activating group) is 2. The third kappa shape index (κ3) is 5.91. The quantitative estimate of drug-likeness (QED) is 0.502. The van der Waals surface area contributed by atoms with Gasteiger partial charge in [-0.3, -0.25) is 4.58 Å². The van der Waals surface area contributed by atoms with Crippen LogP contribution < -0.4 is 0 Å². The van der Waals surface area contributed by atoms with Gasteiger partial charge >= 0.3 is 5.17 Å². The summed E-state index contributed by atoms with van der Waals surface area (Å²) in [6, 6.07) is 0. The van der Waals surface area contributed by atoms with Crippen LogP contribution in [0.1, 0.15) is 0 Å². The molecule has 0 aliphatic carbocycles. The van der Waals surface area contributed by atoms with Gasteiger partial charge in [0, 0.05) is 23.9 Å². The molecule has 1 saturated heterocycles. The Morgan fingerprint density at radius 3 is 1.95 bits per heavy atom. The molecule has 112 valence electrons. The van der Waals surface area contributed by atoms with E-state index in [2.05, 4.69) is 66.7 Å². The lowest BCUT2D eigenvalue weighted by molar-refractivity contribution is -0.468. The van der Waals surface area contributed by atoms with E-state index in [-0.39, 0.29) is 0 Å². The van der Waals surface area contributed by atoms with Gasteiger partial charge in [-0.1, -0.05) is 0 Å². The summed E-state index contributed by atoms with van der Waals surface area (Å²) in [5, 5.41) is 6.23. The van der Waals surface area contributed by atoms with Gasteiger partial charge in [0.05, 0.1) is 27.2 Å². The first-order valence-electron chi connectivity index (χ1n) is 6.57. The van der Waals surface area contributed by atoms with Gasteiger partial charge in [0.25, 0.3) is 0 Å². The largest absolute Gasteiger partial charge is 0.338 e. The van der Waals surface area contributed by atoms with Gasteiger partial charge in [0.1, 0.15) is 0 Å². The van der Waals surface area contributed by atoms with E-state index in [1.54, 1.807) is 0 Å². The Morgan fingerprint density at radius 1 is 1.00 bits per heavy atom. The van der Waals surface area contributed by atoms with E-state index >= 15 is 0 Å². The summed E-state index contributed by atoms with van der Waals surface area (Å²) in [6.45, 7) is 4.30. The highest BCUT2D eigenvalue weighted by Crippen LogP contribution is 2.34. The number of hydrogen-bond acceptors (Lipinski definition) is 5. The van der Waals surface area contributed by atoms with E-state index < -0.39 is 0 Å².